The molecular formula is C27H37NO4S. The molecule has 0 saturated carbocycles. The summed E-state index contributed by atoms with van der Waals surface area (Å²) < 4.78 is 30.1. The molecule has 1 aliphatic rings. The van der Waals surface area contributed by atoms with E-state index in [-0.39, 0.29) is 28.9 Å². The molecule has 1 amide bonds. The highest BCUT2D eigenvalue weighted by Crippen LogP contribution is 2.26. The molecule has 0 N–H and O–H groups in total. The Bertz CT molecular complexity index is 1020. The Kier molecular flexibility index (Phi) is 8.22. The van der Waals surface area contributed by atoms with Gasteiger partial charge in [0.1, 0.15) is 5.75 Å². The number of ether oxygens (including phenoxy) is 1. The Hall–Kier alpha value is -2.34. The molecule has 1 fully saturated rings. The van der Waals surface area contributed by atoms with E-state index in [1.807, 2.05) is 24.3 Å². The van der Waals surface area contributed by atoms with Crippen LogP contribution in [0.15, 0.2) is 48.5 Å². The Balaban J connectivity index is 1.77. The maximum absolute atomic E-state index is 13.5. The minimum Gasteiger partial charge on any atom is -0.494 e. The van der Waals surface area contributed by atoms with Gasteiger partial charge in [-0.1, -0.05) is 64.8 Å². The zero-order valence-corrected chi connectivity index (χ0v) is 21.2. The maximum atomic E-state index is 13.5. The van der Waals surface area contributed by atoms with Crippen LogP contribution in [0.1, 0.15) is 74.9 Å². The van der Waals surface area contributed by atoms with Gasteiger partial charge in [0.2, 0.25) is 0 Å². The lowest BCUT2D eigenvalue weighted by atomic mass is 9.86. The first-order chi connectivity index (χ1) is 15.6. The summed E-state index contributed by atoms with van der Waals surface area (Å²) in [5, 5.41) is 0. The average molecular weight is 472 g/mol. The Morgan fingerprint density at radius 1 is 1.03 bits per heavy atom. The van der Waals surface area contributed by atoms with Crippen molar-refractivity contribution in [2.24, 2.45) is 0 Å². The van der Waals surface area contributed by atoms with Gasteiger partial charge in [-0.15, -0.1) is 0 Å². The molecule has 1 atom stereocenters. The first-order valence-corrected chi connectivity index (χ1v) is 13.7. The number of amides is 1. The molecule has 0 aromatic heterocycles. The van der Waals surface area contributed by atoms with Crippen LogP contribution in [-0.4, -0.2) is 43.4 Å². The smallest absolute Gasteiger partial charge is 0.254 e. The van der Waals surface area contributed by atoms with Gasteiger partial charge in [0.05, 0.1) is 18.1 Å². The number of hydrogen-bond acceptors (Lipinski definition) is 4. The fraction of sp³-hybridized carbons (Fsp3) is 0.519. The second kappa shape index (κ2) is 10.7. The number of sulfone groups is 1. The Morgan fingerprint density at radius 3 is 2.24 bits per heavy atom. The fourth-order valence-corrected chi connectivity index (χ4v) is 5.83. The number of hydrogen-bond donors (Lipinski definition) is 0. The number of unbranched alkanes of at least 4 members (excludes halogenated alkanes) is 2. The van der Waals surface area contributed by atoms with Crippen molar-refractivity contribution >= 4 is 15.7 Å². The zero-order chi connectivity index (χ0) is 24.1. The second-order valence-corrected chi connectivity index (χ2v) is 12.2. The summed E-state index contributed by atoms with van der Waals surface area (Å²) in [5.74, 6) is 0.761. The summed E-state index contributed by atoms with van der Waals surface area (Å²) in [4.78, 5) is 15.2. The van der Waals surface area contributed by atoms with Crippen molar-refractivity contribution in [1.29, 1.82) is 0 Å². The van der Waals surface area contributed by atoms with Gasteiger partial charge in [-0.25, -0.2) is 8.42 Å². The highest BCUT2D eigenvalue weighted by Gasteiger charge is 2.35. The van der Waals surface area contributed by atoms with Crippen LogP contribution in [0.4, 0.5) is 0 Å². The summed E-state index contributed by atoms with van der Waals surface area (Å²) in [6.45, 7) is 9.70. The second-order valence-electron chi connectivity index (χ2n) is 10.0. The number of benzene rings is 2. The monoisotopic (exact) mass is 471 g/mol. The normalized spacial score (nSPS) is 17.6. The SMILES string of the molecule is CCCCCOc1ccc(C(=O)N(Cc2ccc(C(C)(C)C)cc2)[C@H]2CCS(=O)(=O)C2)cc1. The van der Waals surface area contributed by atoms with Crippen LogP contribution in [0.5, 0.6) is 5.75 Å². The van der Waals surface area contributed by atoms with Crippen LogP contribution in [-0.2, 0) is 21.8 Å². The molecule has 0 radical (unpaired) electrons. The molecule has 1 heterocycles. The third-order valence-corrected chi connectivity index (χ3v) is 7.95. The molecule has 0 unspecified atom stereocenters. The predicted octanol–water partition coefficient (Wildman–Crippen LogP) is 5.38. The molecule has 6 heteroatoms. The summed E-state index contributed by atoms with van der Waals surface area (Å²) in [7, 11) is -3.11. The average Bonchev–Trinajstić information content (AvgIpc) is 3.14. The first kappa shape index (κ1) is 25.3. The highest BCUT2D eigenvalue weighted by atomic mass is 32.2. The van der Waals surface area contributed by atoms with Crippen LogP contribution < -0.4 is 4.74 Å². The van der Waals surface area contributed by atoms with Gasteiger partial charge in [-0.2, -0.15) is 0 Å². The van der Waals surface area contributed by atoms with Crippen LogP contribution in [0.2, 0.25) is 0 Å². The molecule has 5 nitrogen and oxygen atoms in total. The molecule has 33 heavy (non-hydrogen) atoms. The van der Waals surface area contributed by atoms with E-state index < -0.39 is 9.84 Å². The molecule has 2 aromatic rings. The summed E-state index contributed by atoms with van der Waals surface area (Å²) in [6.07, 6.45) is 3.76. The molecule has 180 valence electrons. The Labute approximate surface area is 199 Å². The van der Waals surface area contributed by atoms with E-state index in [4.69, 9.17) is 4.74 Å². The minimum atomic E-state index is -3.11. The maximum Gasteiger partial charge on any atom is 0.254 e. The van der Waals surface area contributed by atoms with Crippen molar-refractivity contribution in [3.63, 3.8) is 0 Å². The first-order valence-electron chi connectivity index (χ1n) is 11.9. The number of carbonyl (C=O) groups is 1. The lowest BCUT2D eigenvalue weighted by Gasteiger charge is -2.29. The minimum absolute atomic E-state index is 0.0252. The van der Waals surface area contributed by atoms with Crippen molar-refractivity contribution in [1.82, 2.24) is 4.90 Å². The van der Waals surface area contributed by atoms with Crippen molar-refractivity contribution in [3.8, 4) is 5.75 Å². The quantitative estimate of drug-likeness (QED) is 0.461. The van der Waals surface area contributed by atoms with Crippen molar-refractivity contribution in [3.05, 3.63) is 65.2 Å². The van der Waals surface area contributed by atoms with E-state index in [0.29, 0.717) is 25.1 Å². The van der Waals surface area contributed by atoms with Crippen LogP contribution in [0, 0.1) is 0 Å². The number of nitrogens with zero attached hydrogens (tertiary/aromatic N) is 1. The molecule has 0 spiro atoms. The lowest BCUT2D eigenvalue weighted by molar-refractivity contribution is 0.0681. The van der Waals surface area contributed by atoms with Gasteiger partial charge < -0.3 is 9.64 Å². The third-order valence-electron chi connectivity index (χ3n) is 6.20. The van der Waals surface area contributed by atoms with Gasteiger partial charge >= 0.3 is 0 Å². The molecule has 0 bridgehead atoms. The standard InChI is InChI=1S/C27H37NO4S/c1-5-6-7-17-32-25-14-10-22(11-15-25)26(29)28(24-16-18-33(30,31)20-24)19-21-8-12-23(13-9-21)27(2,3)4/h8-15,24H,5-7,16-20H2,1-4H3/t24-/m0/s1. The number of carbonyl (C=O) groups excluding carboxylic acids is 1. The molecule has 2 aromatic carbocycles. The van der Waals surface area contributed by atoms with Crippen molar-refractivity contribution in [2.45, 2.75) is 71.4 Å². The van der Waals surface area contributed by atoms with Crippen molar-refractivity contribution < 1.29 is 17.9 Å². The van der Waals surface area contributed by atoms with E-state index in [1.54, 1.807) is 17.0 Å². The van der Waals surface area contributed by atoms with Crippen LogP contribution in [0.3, 0.4) is 0 Å². The summed E-state index contributed by atoms with van der Waals surface area (Å²) in [5.41, 5.74) is 2.82. The Morgan fingerprint density at radius 2 is 1.70 bits per heavy atom. The van der Waals surface area contributed by atoms with E-state index in [2.05, 4.69) is 39.8 Å². The van der Waals surface area contributed by atoms with Gasteiger partial charge in [-0.3, -0.25) is 4.79 Å². The van der Waals surface area contributed by atoms with Crippen LogP contribution in [0.25, 0.3) is 0 Å². The predicted molar refractivity (Wildman–Crippen MR) is 134 cm³/mol. The molecule has 3 rings (SSSR count). The zero-order valence-electron chi connectivity index (χ0n) is 20.3. The van der Waals surface area contributed by atoms with Gasteiger partial charge in [0.15, 0.2) is 9.84 Å². The molecule has 0 aliphatic carbocycles. The van der Waals surface area contributed by atoms with E-state index in [1.165, 1.54) is 5.56 Å². The van der Waals surface area contributed by atoms with Crippen molar-refractivity contribution in [2.75, 3.05) is 18.1 Å². The third kappa shape index (κ3) is 7.07. The molecular weight excluding hydrogens is 434 g/mol. The van der Waals surface area contributed by atoms with E-state index in [0.717, 1.165) is 30.6 Å². The summed E-state index contributed by atoms with van der Waals surface area (Å²) in [6, 6.07) is 15.1. The van der Waals surface area contributed by atoms with E-state index in [9.17, 15) is 13.2 Å². The summed E-state index contributed by atoms with van der Waals surface area (Å²) >= 11 is 0. The fourth-order valence-electron chi connectivity index (χ4n) is 4.10. The van der Waals surface area contributed by atoms with Gasteiger partial charge in [0, 0.05) is 18.2 Å². The molecule has 1 aliphatic heterocycles. The largest absolute Gasteiger partial charge is 0.494 e. The van der Waals surface area contributed by atoms with Gasteiger partial charge in [0.25, 0.3) is 5.91 Å². The van der Waals surface area contributed by atoms with Crippen LogP contribution >= 0.6 is 0 Å². The lowest BCUT2D eigenvalue weighted by Crippen LogP contribution is -2.40. The van der Waals surface area contributed by atoms with E-state index >= 15 is 0 Å². The topological polar surface area (TPSA) is 63.7 Å². The number of rotatable bonds is 9. The molecule has 1 saturated heterocycles. The van der Waals surface area contributed by atoms with Gasteiger partial charge in [-0.05, 0) is 53.6 Å². The highest BCUT2D eigenvalue weighted by molar-refractivity contribution is 7.91.